The van der Waals surface area contributed by atoms with Gasteiger partial charge in [-0.15, -0.1) is 0 Å². The summed E-state index contributed by atoms with van der Waals surface area (Å²) in [5, 5.41) is 9.19. The molecule has 1 unspecified atom stereocenters. The summed E-state index contributed by atoms with van der Waals surface area (Å²) in [5.74, 6) is 0.485. The quantitative estimate of drug-likeness (QED) is 0.842. The minimum Gasteiger partial charge on any atom is -0.396 e. The zero-order chi connectivity index (χ0) is 11.4. The first-order valence-corrected chi connectivity index (χ1v) is 6.16. The molecule has 1 fully saturated rings. The van der Waals surface area contributed by atoms with Gasteiger partial charge in [0.1, 0.15) is 0 Å². The van der Waals surface area contributed by atoms with E-state index in [1.165, 1.54) is 30.5 Å². The van der Waals surface area contributed by atoms with Gasteiger partial charge in [-0.3, -0.25) is 4.90 Å². The van der Waals surface area contributed by atoms with Crippen LogP contribution in [0.1, 0.15) is 24.0 Å². The molecule has 88 valence electrons. The third kappa shape index (κ3) is 3.06. The highest BCUT2D eigenvalue weighted by molar-refractivity contribution is 5.22. The van der Waals surface area contributed by atoms with Crippen molar-refractivity contribution in [2.24, 2.45) is 5.92 Å². The topological polar surface area (TPSA) is 23.5 Å². The van der Waals surface area contributed by atoms with Gasteiger partial charge in [0.15, 0.2) is 0 Å². The summed E-state index contributed by atoms with van der Waals surface area (Å²) in [5.41, 5.74) is 2.71. The van der Waals surface area contributed by atoms with Crippen molar-refractivity contribution in [3.63, 3.8) is 0 Å². The molecule has 0 radical (unpaired) electrons. The summed E-state index contributed by atoms with van der Waals surface area (Å²) < 4.78 is 0. The molecule has 1 aromatic carbocycles. The number of hydrogen-bond donors (Lipinski definition) is 1. The van der Waals surface area contributed by atoms with Gasteiger partial charge in [0, 0.05) is 19.7 Å². The zero-order valence-corrected chi connectivity index (χ0v) is 10.0. The van der Waals surface area contributed by atoms with Crippen molar-refractivity contribution in [2.45, 2.75) is 26.3 Å². The van der Waals surface area contributed by atoms with Crippen molar-refractivity contribution in [3.8, 4) is 0 Å². The molecular weight excluding hydrogens is 198 g/mol. The second kappa shape index (κ2) is 5.46. The highest BCUT2D eigenvalue weighted by Crippen LogP contribution is 2.18. The van der Waals surface area contributed by atoms with E-state index >= 15 is 0 Å². The Hall–Kier alpha value is -0.860. The Balaban J connectivity index is 1.94. The average Bonchev–Trinajstić information content (AvgIpc) is 2.29. The predicted octanol–water partition coefficient (Wildman–Crippen LogP) is 2.20. The van der Waals surface area contributed by atoms with Gasteiger partial charge in [0.05, 0.1) is 0 Å². The molecule has 2 nitrogen and oxygen atoms in total. The maximum Gasteiger partial charge on any atom is 0.0471 e. The molecule has 1 aliphatic heterocycles. The van der Waals surface area contributed by atoms with E-state index < -0.39 is 0 Å². The molecular formula is C14H21NO. The van der Waals surface area contributed by atoms with Gasteiger partial charge in [-0.1, -0.05) is 29.8 Å². The van der Waals surface area contributed by atoms with E-state index in [1.807, 2.05) is 0 Å². The van der Waals surface area contributed by atoms with E-state index in [2.05, 4.69) is 36.1 Å². The van der Waals surface area contributed by atoms with Gasteiger partial charge in [-0.2, -0.15) is 0 Å². The molecule has 0 aromatic heterocycles. The molecule has 16 heavy (non-hydrogen) atoms. The van der Waals surface area contributed by atoms with Crippen LogP contribution in [0.15, 0.2) is 24.3 Å². The molecule has 1 aliphatic rings. The minimum atomic E-state index is 0.338. The highest BCUT2D eigenvalue weighted by Gasteiger charge is 2.18. The molecule has 0 spiro atoms. The summed E-state index contributed by atoms with van der Waals surface area (Å²) in [7, 11) is 0. The standard InChI is InChI=1S/C14H21NO/c1-12-4-2-5-13(8-12)9-15-7-3-6-14(10-15)11-16/h2,4-5,8,14,16H,3,6-7,9-11H2,1H3. The van der Waals surface area contributed by atoms with Crippen LogP contribution in [-0.2, 0) is 6.54 Å². The van der Waals surface area contributed by atoms with Crippen molar-refractivity contribution >= 4 is 0 Å². The van der Waals surface area contributed by atoms with Crippen molar-refractivity contribution < 1.29 is 5.11 Å². The van der Waals surface area contributed by atoms with Crippen LogP contribution in [0.5, 0.6) is 0 Å². The normalized spacial score (nSPS) is 22.2. The van der Waals surface area contributed by atoms with Crippen molar-refractivity contribution in [1.29, 1.82) is 0 Å². The third-order valence-corrected chi connectivity index (χ3v) is 3.35. The van der Waals surface area contributed by atoms with Crippen LogP contribution < -0.4 is 0 Å². The van der Waals surface area contributed by atoms with E-state index in [0.717, 1.165) is 13.1 Å². The highest BCUT2D eigenvalue weighted by atomic mass is 16.3. The van der Waals surface area contributed by atoms with E-state index in [0.29, 0.717) is 12.5 Å². The number of benzene rings is 1. The van der Waals surface area contributed by atoms with Crippen LogP contribution in [0, 0.1) is 12.8 Å². The maximum atomic E-state index is 9.19. The van der Waals surface area contributed by atoms with E-state index in [1.54, 1.807) is 0 Å². The summed E-state index contributed by atoms with van der Waals surface area (Å²) >= 11 is 0. The lowest BCUT2D eigenvalue weighted by atomic mass is 9.98. The second-order valence-corrected chi connectivity index (χ2v) is 4.91. The van der Waals surface area contributed by atoms with Gasteiger partial charge < -0.3 is 5.11 Å². The van der Waals surface area contributed by atoms with E-state index in [9.17, 15) is 5.11 Å². The first kappa shape index (κ1) is 11.6. The summed E-state index contributed by atoms with van der Waals surface area (Å²) in [6.07, 6.45) is 2.40. The largest absolute Gasteiger partial charge is 0.396 e. The van der Waals surface area contributed by atoms with Gasteiger partial charge in [-0.05, 0) is 37.8 Å². The lowest BCUT2D eigenvalue weighted by Gasteiger charge is -2.31. The molecule has 0 aliphatic carbocycles. The number of aliphatic hydroxyl groups is 1. The first-order valence-electron chi connectivity index (χ1n) is 6.16. The molecule has 1 heterocycles. The molecule has 0 saturated carbocycles. The number of hydrogen-bond acceptors (Lipinski definition) is 2. The number of piperidine rings is 1. The summed E-state index contributed by atoms with van der Waals surface area (Å²) in [6, 6.07) is 8.70. The molecule has 0 bridgehead atoms. The van der Waals surface area contributed by atoms with E-state index in [4.69, 9.17) is 0 Å². The number of likely N-dealkylation sites (tertiary alicyclic amines) is 1. The lowest BCUT2D eigenvalue weighted by Crippen LogP contribution is -2.36. The number of aryl methyl sites for hydroxylation is 1. The molecule has 0 amide bonds. The number of nitrogens with zero attached hydrogens (tertiary/aromatic N) is 1. The average molecular weight is 219 g/mol. The van der Waals surface area contributed by atoms with Gasteiger partial charge >= 0.3 is 0 Å². The Morgan fingerprint density at radius 2 is 2.31 bits per heavy atom. The lowest BCUT2D eigenvalue weighted by molar-refractivity contribution is 0.116. The molecule has 2 rings (SSSR count). The SMILES string of the molecule is Cc1cccc(CN2CCCC(CO)C2)c1. The fourth-order valence-corrected chi connectivity index (χ4v) is 2.51. The number of rotatable bonds is 3. The Bertz CT molecular complexity index is 337. The Morgan fingerprint density at radius 3 is 3.06 bits per heavy atom. The Labute approximate surface area is 97.9 Å². The Kier molecular flexibility index (Phi) is 3.97. The van der Waals surface area contributed by atoms with Crippen molar-refractivity contribution in [2.75, 3.05) is 19.7 Å². The molecule has 2 heteroatoms. The zero-order valence-electron chi connectivity index (χ0n) is 10.0. The third-order valence-electron chi connectivity index (χ3n) is 3.35. The molecule has 1 N–H and O–H groups in total. The fraction of sp³-hybridized carbons (Fsp3) is 0.571. The van der Waals surface area contributed by atoms with Gasteiger partial charge in [0.2, 0.25) is 0 Å². The molecule has 1 saturated heterocycles. The van der Waals surface area contributed by atoms with Crippen LogP contribution in [-0.4, -0.2) is 29.7 Å². The smallest absolute Gasteiger partial charge is 0.0471 e. The molecule has 1 aromatic rings. The van der Waals surface area contributed by atoms with E-state index in [-0.39, 0.29) is 0 Å². The summed E-state index contributed by atoms with van der Waals surface area (Å²) in [4.78, 5) is 2.46. The summed E-state index contributed by atoms with van der Waals surface area (Å²) in [6.45, 7) is 5.72. The molecule has 1 atom stereocenters. The van der Waals surface area contributed by atoms with Crippen molar-refractivity contribution in [1.82, 2.24) is 4.90 Å². The monoisotopic (exact) mass is 219 g/mol. The predicted molar refractivity (Wildman–Crippen MR) is 66.3 cm³/mol. The maximum absolute atomic E-state index is 9.19. The Morgan fingerprint density at radius 1 is 1.44 bits per heavy atom. The van der Waals surface area contributed by atoms with Gasteiger partial charge in [-0.25, -0.2) is 0 Å². The first-order chi connectivity index (χ1) is 7.78. The van der Waals surface area contributed by atoms with Crippen molar-refractivity contribution in [3.05, 3.63) is 35.4 Å². The van der Waals surface area contributed by atoms with Crippen LogP contribution >= 0.6 is 0 Å². The van der Waals surface area contributed by atoms with Gasteiger partial charge in [0.25, 0.3) is 0 Å². The second-order valence-electron chi connectivity index (χ2n) is 4.91. The van der Waals surface area contributed by atoms with Crippen LogP contribution in [0.4, 0.5) is 0 Å². The fourth-order valence-electron chi connectivity index (χ4n) is 2.51. The number of aliphatic hydroxyl groups excluding tert-OH is 1. The van der Waals surface area contributed by atoms with Crippen LogP contribution in [0.25, 0.3) is 0 Å². The van der Waals surface area contributed by atoms with Crippen LogP contribution in [0.3, 0.4) is 0 Å². The minimum absolute atomic E-state index is 0.338. The van der Waals surface area contributed by atoms with Crippen LogP contribution in [0.2, 0.25) is 0 Å².